The molecule has 1 nitrogen and oxygen atoms in total. The van der Waals surface area contributed by atoms with Crippen LogP contribution in [0.4, 0.5) is 0 Å². The lowest BCUT2D eigenvalue weighted by molar-refractivity contribution is -0.0105. The van der Waals surface area contributed by atoms with Crippen molar-refractivity contribution in [3.05, 3.63) is 21.9 Å². The SMILES string of the molecule is CCc1ccc(C2CCC(C)(CBr)O2)s1. The molecule has 0 spiro atoms. The first-order valence-electron chi connectivity index (χ1n) is 5.49. The third-order valence-electron chi connectivity index (χ3n) is 2.99. The summed E-state index contributed by atoms with van der Waals surface area (Å²) >= 11 is 5.43. The van der Waals surface area contributed by atoms with Gasteiger partial charge in [-0.1, -0.05) is 22.9 Å². The Hall–Kier alpha value is 0.140. The Bertz CT molecular complexity index is 336. The van der Waals surface area contributed by atoms with E-state index in [1.54, 1.807) is 0 Å². The van der Waals surface area contributed by atoms with E-state index in [-0.39, 0.29) is 5.60 Å². The molecule has 0 saturated carbocycles. The van der Waals surface area contributed by atoms with Gasteiger partial charge in [-0.05, 0) is 38.3 Å². The van der Waals surface area contributed by atoms with Crippen LogP contribution in [0.25, 0.3) is 0 Å². The number of hydrogen-bond donors (Lipinski definition) is 0. The molecule has 3 heteroatoms. The smallest absolute Gasteiger partial charge is 0.0925 e. The third kappa shape index (κ3) is 2.45. The van der Waals surface area contributed by atoms with Crippen molar-refractivity contribution in [1.82, 2.24) is 0 Å². The number of rotatable bonds is 3. The van der Waals surface area contributed by atoms with E-state index in [4.69, 9.17) is 4.74 Å². The Morgan fingerprint density at radius 3 is 2.93 bits per heavy atom. The van der Waals surface area contributed by atoms with Gasteiger partial charge in [0, 0.05) is 15.1 Å². The van der Waals surface area contributed by atoms with Crippen LogP contribution in [-0.2, 0) is 11.2 Å². The van der Waals surface area contributed by atoms with Gasteiger partial charge in [0.1, 0.15) is 0 Å². The highest BCUT2D eigenvalue weighted by Crippen LogP contribution is 2.42. The fourth-order valence-electron chi connectivity index (χ4n) is 1.95. The first-order valence-corrected chi connectivity index (χ1v) is 7.43. The van der Waals surface area contributed by atoms with Crippen LogP contribution in [0.2, 0.25) is 0 Å². The number of alkyl halides is 1. The zero-order valence-electron chi connectivity index (χ0n) is 9.25. The minimum Gasteiger partial charge on any atom is -0.366 e. The highest BCUT2D eigenvalue weighted by molar-refractivity contribution is 9.09. The van der Waals surface area contributed by atoms with Crippen molar-refractivity contribution in [2.75, 3.05) is 5.33 Å². The molecule has 0 aliphatic carbocycles. The van der Waals surface area contributed by atoms with E-state index < -0.39 is 0 Å². The number of ether oxygens (including phenoxy) is 1. The van der Waals surface area contributed by atoms with Gasteiger partial charge >= 0.3 is 0 Å². The molecule has 1 saturated heterocycles. The van der Waals surface area contributed by atoms with E-state index in [1.165, 1.54) is 9.75 Å². The van der Waals surface area contributed by atoms with Gasteiger partial charge < -0.3 is 4.74 Å². The number of thiophene rings is 1. The molecule has 2 atom stereocenters. The monoisotopic (exact) mass is 288 g/mol. The largest absolute Gasteiger partial charge is 0.366 e. The molecule has 2 rings (SSSR count). The Labute approximate surface area is 104 Å². The molecule has 1 aliphatic heterocycles. The Balaban J connectivity index is 2.07. The fraction of sp³-hybridized carbons (Fsp3) is 0.667. The van der Waals surface area contributed by atoms with Crippen molar-refractivity contribution in [2.24, 2.45) is 0 Å². The average molecular weight is 289 g/mol. The predicted molar refractivity (Wildman–Crippen MR) is 69.0 cm³/mol. The van der Waals surface area contributed by atoms with Gasteiger partial charge in [0.05, 0.1) is 11.7 Å². The molecule has 0 amide bonds. The van der Waals surface area contributed by atoms with Crippen LogP contribution in [-0.4, -0.2) is 10.9 Å². The summed E-state index contributed by atoms with van der Waals surface area (Å²) in [5.41, 5.74) is 0.0427. The lowest BCUT2D eigenvalue weighted by atomic mass is 10.1. The molecule has 1 aliphatic rings. The summed E-state index contributed by atoms with van der Waals surface area (Å²) in [7, 11) is 0. The summed E-state index contributed by atoms with van der Waals surface area (Å²) in [6.45, 7) is 4.39. The Morgan fingerprint density at radius 1 is 1.60 bits per heavy atom. The molecule has 1 aromatic rings. The van der Waals surface area contributed by atoms with Gasteiger partial charge in [0.25, 0.3) is 0 Å². The third-order valence-corrected chi connectivity index (χ3v) is 5.50. The van der Waals surface area contributed by atoms with E-state index >= 15 is 0 Å². The summed E-state index contributed by atoms with van der Waals surface area (Å²) in [6, 6.07) is 4.46. The Kier molecular flexibility index (Phi) is 3.53. The van der Waals surface area contributed by atoms with Crippen molar-refractivity contribution >= 4 is 27.3 Å². The molecule has 0 aromatic carbocycles. The quantitative estimate of drug-likeness (QED) is 0.753. The number of halogens is 1. The van der Waals surface area contributed by atoms with Gasteiger partial charge in [0.15, 0.2) is 0 Å². The minimum atomic E-state index is 0.0427. The fourth-order valence-corrected chi connectivity index (χ4v) is 3.38. The second-order valence-electron chi connectivity index (χ2n) is 4.39. The van der Waals surface area contributed by atoms with Crippen LogP contribution >= 0.6 is 27.3 Å². The number of hydrogen-bond acceptors (Lipinski definition) is 2. The van der Waals surface area contributed by atoms with Gasteiger partial charge in [0.2, 0.25) is 0 Å². The molecule has 2 unspecified atom stereocenters. The van der Waals surface area contributed by atoms with Crippen LogP contribution in [0.15, 0.2) is 12.1 Å². The molecule has 0 N–H and O–H groups in total. The highest BCUT2D eigenvalue weighted by atomic mass is 79.9. The van der Waals surface area contributed by atoms with E-state index in [0.29, 0.717) is 6.10 Å². The Morgan fingerprint density at radius 2 is 2.40 bits per heavy atom. The second kappa shape index (κ2) is 4.56. The van der Waals surface area contributed by atoms with Crippen LogP contribution in [0.3, 0.4) is 0 Å². The molecular weight excluding hydrogens is 272 g/mol. The topological polar surface area (TPSA) is 9.23 Å². The predicted octanol–water partition coefficient (Wildman–Crippen LogP) is 4.32. The minimum absolute atomic E-state index is 0.0427. The number of aryl methyl sites for hydroxylation is 1. The zero-order chi connectivity index (χ0) is 10.9. The summed E-state index contributed by atoms with van der Waals surface area (Å²) < 4.78 is 6.11. The maximum absolute atomic E-state index is 6.11. The average Bonchev–Trinajstić information content (AvgIpc) is 2.84. The van der Waals surface area contributed by atoms with Gasteiger partial charge in [-0.25, -0.2) is 0 Å². The van der Waals surface area contributed by atoms with Gasteiger partial charge in [-0.2, -0.15) is 0 Å². The van der Waals surface area contributed by atoms with E-state index in [9.17, 15) is 0 Å². The van der Waals surface area contributed by atoms with E-state index in [0.717, 1.165) is 24.6 Å². The van der Waals surface area contributed by atoms with E-state index in [2.05, 4.69) is 41.9 Å². The lowest BCUT2D eigenvalue weighted by Crippen LogP contribution is -2.24. The summed E-state index contributed by atoms with van der Waals surface area (Å²) in [4.78, 5) is 2.86. The van der Waals surface area contributed by atoms with Crippen molar-refractivity contribution in [3.8, 4) is 0 Å². The first-order chi connectivity index (χ1) is 7.17. The summed E-state index contributed by atoms with van der Waals surface area (Å²) in [5.74, 6) is 0. The molecule has 2 heterocycles. The summed E-state index contributed by atoms with van der Waals surface area (Å²) in [5, 5.41) is 0.933. The van der Waals surface area contributed by atoms with Crippen molar-refractivity contribution in [3.63, 3.8) is 0 Å². The van der Waals surface area contributed by atoms with Crippen LogP contribution in [0, 0.1) is 0 Å². The molecule has 0 radical (unpaired) electrons. The normalized spacial score (nSPS) is 31.0. The van der Waals surface area contributed by atoms with Crippen molar-refractivity contribution in [2.45, 2.75) is 44.8 Å². The maximum Gasteiger partial charge on any atom is 0.0925 e. The molecule has 84 valence electrons. The maximum atomic E-state index is 6.11. The molecular formula is C12H17BrOS. The molecule has 1 aromatic heterocycles. The standard InChI is InChI=1S/C12H17BrOS/c1-3-9-4-5-11(15-9)10-6-7-12(2,8-13)14-10/h4-5,10H,3,6-8H2,1-2H3. The molecule has 0 bridgehead atoms. The van der Waals surface area contributed by atoms with Crippen molar-refractivity contribution in [1.29, 1.82) is 0 Å². The van der Waals surface area contributed by atoms with Crippen LogP contribution in [0.1, 0.15) is 42.5 Å². The summed E-state index contributed by atoms with van der Waals surface area (Å²) in [6.07, 6.45) is 3.78. The lowest BCUT2D eigenvalue weighted by Gasteiger charge is -2.21. The second-order valence-corrected chi connectivity index (χ2v) is 6.15. The zero-order valence-corrected chi connectivity index (χ0v) is 11.7. The highest BCUT2D eigenvalue weighted by Gasteiger charge is 2.36. The van der Waals surface area contributed by atoms with Gasteiger partial charge in [-0.15, -0.1) is 11.3 Å². The molecule has 1 fully saturated rings. The van der Waals surface area contributed by atoms with Crippen molar-refractivity contribution < 1.29 is 4.74 Å². The first kappa shape index (κ1) is 11.6. The van der Waals surface area contributed by atoms with E-state index in [1.807, 2.05) is 11.3 Å². The van der Waals surface area contributed by atoms with Crippen LogP contribution < -0.4 is 0 Å². The van der Waals surface area contributed by atoms with Gasteiger partial charge in [-0.3, -0.25) is 0 Å². The molecule has 15 heavy (non-hydrogen) atoms. The van der Waals surface area contributed by atoms with Crippen LogP contribution in [0.5, 0.6) is 0 Å².